The molecule has 38 heavy (non-hydrogen) atoms. The van der Waals surface area contributed by atoms with Gasteiger partial charge >= 0.3 is 0 Å². The summed E-state index contributed by atoms with van der Waals surface area (Å²) in [6.07, 6.45) is 2.19. The molecule has 0 unspecified atom stereocenters. The molecule has 0 atom stereocenters. The first-order chi connectivity index (χ1) is 18.0. The van der Waals surface area contributed by atoms with Gasteiger partial charge in [0, 0.05) is 32.9 Å². The number of likely N-dealkylation sites (N-methyl/N-ethyl adjacent to an activating group) is 1. The molecule has 2 aliphatic heterocycles. The first-order valence-corrected chi connectivity index (χ1v) is 13.1. The van der Waals surface area contributed by atoms with E-state index in [9.17, 15) is 9.59 Å². The van der Waals surface area contributed by atoms with Crippen molar-refractivity contribution in [2.45, 2.75) is 37.6 Å². The standard InChI is InChI=1S/C31H36N4O2.CH4/c1-33(2)29(37)31(25-12-6-3-7-13-25,26-14-8-4-9-15-26)20-23-34-21-18-30(19-22-34)28(36)32-24-35(30)27-16-10-5-11-17-27;/h3-17H,18-24H2,1-2H3,(H,32,36);1H4. The molecule has 3 aromatic rings. The minimum atomic E-state index is -0.776. The SMILES string of the molecule is C.CN(C)C(=O)C(CCN1CCC2(CC1)C(=O)NCN2c1ccccc1)(c1ccccc1)c1ccccc1. The van der Waals surface area contributed by atoms with E-state index in [2.05, 4.69) is 51.5 Å². The smallest absolute Gasteiger partial charge is 0.247 e. The maximum atomic E-state index is 13.9. The van der Waals surface area contributed by atoms with Crippen LogP contribution in [0.2, 0.25) is 0 Å². The number of hydrogen-bond acceptors (Lipinski definition) is 4. The lowest BCUT2D eigenvalue weighted by molar-refractivity contribution is -0.133. The largest absolute Gasteiger partial charge is 0.348 e. The second-order valence-corrected chi connectivity index (χ2v) is 10.4. The van der Waals surface area contributed by atoms with E-state index in [0.717, 1.165) is 49.3 Å². The number of benzene rings is 3. The summed E-state index contributed by atoms with van der Waals surface area (Å²) in [5, 5.41) is 3.09. The molecule has 2 amide bonds. The van der Waals surface area contributed by atoms with Crippen LogP contribution in [0.4, 0.5) is 5.69 Å². The first-order valence-electron chi connectivity index (χ1n) is 13.1. The summed E-state index contributed by atoms with van der Waals surface area (Å²) in [5.74, 6) is 0.213. The summed E-state index contributed by atoms with van der Waals surface area (Å²) < 4.78 is 0. The van der Waals surface area contributed by atoms with Crippen LogP contribution in [0.15, 0.2) is 91.0 Å². The molecular weight excluding hydrogens is 472 g/mol. The quantitative estimate of drug-likeness (QED) is 0.506. The summed E-state index contributed by atoms with van der Waals surface area (Å²) in [7, 11) is 3.68. The molecule has 0 aliphatic carbocycles. The second kappa shape index (κ2) is 11.4. The lowest BCUT2D eigenvalue weighted by Gasteiger charge is -2.44. The minimum Gasteiger partial charge on any atom is -0.348 e. The molecule has 2 fully saturated rings. The van der Waals surface area contributed by atoms with Crippen LogP contribution in [0.5, 0.6) is 0 Å². The Labute approximate surface area is 227 Å². The van der Waals surface area contributed by atoms with Crippen molar-refractivity contribution < 1.29 is 9.59 Å². The molecule has 200 valence electrons. The van der Waals surface area contributed by atoms with Crippen molar-refractivity contribution in [2.24, 2.45) is 0 Å². The Morgan fingerprint density at radius 3 is 1.87 bits per heavy atom. The van der Waals surface area contributed by atoms with Crippen molar-refractivity contribution in [3.8, 4) is 0 Å². The number of likely N-dealkylation sites (tertiary alicyclic amines) is 1. The Morgan fingerprint density at radius 1 is 0.868 bits per heavy atom. The summed E-state index contributed by atoms with van der Waals surface area (Å²) in [6.45, 7) is 2.94. The van der Waals surface area contributed by atoms with Gasteiger partial charge in [-0.1, -0.05) is 86.3 Å². The number of carbonyl (C=O) groups excluding carboxylic acids is 2. The number of hydrogen-bond donors (Lipinski definition) is 1. The molecule has 2 aliphatic rings. The third kappa shape index (κ3) is 4.81. The lowest BCUT2D eigenvalue weighted by atomic mass is 9.70. The van der Waals surface area contributed by atoms with Crippen LogP contribution in [0.3, 0.4) is 0 Å². The van der Waals surface area contributed by atoms with E-state index < -0.39 is 11.0 Å². The van der Waals surface area contributed by atoms with Crippen molar-refractivity contribution >= 4 is 17.5 Å². The van der Waals surface area contributed by atoms with E-state index in [1.807, 2.05) is 68.7 Å². The highest BCUT2D eigenvalue weighted by atomic mass is 16.2. The molecule has 0 aromatic heterocycles. The monoisotopic (exact) mass is 512 g/mol. The fraction of sp³-hybridized carbons (Fsp3) is 0.375. The average Bonchev–Trinajstić information content (AvgIpc) is 3.26. The number of rotatable bonds is 7. The predicted molar refractivity (Wildman–Crippen MR) is 154 cm³/mol. The fourth-order valence-electron chi connectivity index (χ4n) is 6.14. The van der Waals surface area contributed by atoms with Gasteiger partial charge in [-0.25, -0.2) is 0 Å². The fourth-order valence-corrected chi connectivity index (χ4v) is 6.14. The molecule has 0 bridgehead atoms. The Kier molecular flexibility index (Phi) is 8.22. The zero-order valence-electron chi connectivity index (χ0n) is 21.8. The van der Waals surface area contributed by atoms with Crippen LogP contribution in [-0.4, -0.2) is 67.6 Å². The maximum Gasteiger partial charge on any atom is 0.247 e. The molecule has 2 saturated heterocycles. The predicted octanol–water partition coefficient (Wildman–Crippen LogP) is 4.52. The highest BCUT2D eigenvalue weighted by molar-refractivity contribution is 5.93. The molecule has 0 radical (unpaired) electrons. The van der Waals surface area contributed by atoms with Crippen LogP contribution >= 0.6 is 0 Å². The van der Waals surface area contributed by atoms with Gasteiger partial charge in [-0.05, 0) is 49.1 Å². The molecule has 5 rings (SSSR count). The van der Waals surface area contributed by atoms with Gasteiger partial charge in [-0.2, -0.15) is 0 Å². The highest BCUT2D eigenvalue weighted by Crippen LogP contribution is 2.40. The molecule has 1 N–H and O–H groups in total. The number of anilines is 1. The number of carbonyl (C=O) groups is 2. The maximum absolute atomic E-state index is 13.9. The van der Waals surface area contributed by atoms with Crippen LogP contribution < -0.4 is 10.2 Å². The van der Waals surface area contributed by atoms with Gasteiger partial charge in [-0.15, -0.1) is 0 Å². The number of amides is 2. The van der Waals surface area contributed by atoms with E-state index in [4.69, 9.17) is 0 Å². The Balaban J connectivity index is 0.00000336. The van der Waals surface area contributed by atoms with Gasteiger partial charge in [0.15, 0.2) is 0 Å². The number of nitrogens with zero attached hydrogens (tertiary/aromatic N) is 3. The molecule has 0 saturated carbocycles. The molecule has 6 nitrogen and oxygen atoms in total. The first kappa shape index (κ1) is 27.4. The molecule has 6 heteroatoms. The van der Waals surface area contributed by atoms with Crippen LogP contribution in [0.25, 0.3) is 0 Å². The lowest BCUT2D eigenvalue weighted by Crippen LogP contribution is -2.57. The van der Waals surface area contributed by atoms with E-state index in [1.165, 1.54) is 0 Å². The van der Waals surface area contributed by atoms with Crippen molar-refractivity contribution in [2.75, 3.05) is 45.3 Å². The Hall–Kier alpha value is -3.64. The van der Waals surface area contributed by atoms with E-state index in [-0.39, 0.29) is 19.2 Å². The van der Waals surface area contributed by atoms with Gasteiger partial charge < -0.3 is 20.0 Å². The third-order valence-corrected chi connectivity index (χ3v) is 8.20. The van der Waals surface area contributed by atoms with Crippen molar-refractivity contribution in [3.63, 3.8) is 0 Å². The van der Waals surface area contributed by atoms with Crippen molar-refractivity contribution in [3.05, 3.63) is 102 Å². The zero-order valence-corrected chi connectivity index (χ0v) is 21.8. The summed E-state index contributed by atoms with van der Waals surface area (Å²) in [6, 6.07) is 30.5. The van der Waals surface area contributed by atoms with Gasteiger partial charge in [-0.3, -0.25) is 9.59 Å². The Morgan fingerprint density at radius 2 is 1.37 bits per heavy atom. The Bertz CT molecular complexity index is 1170. The number of piperidine rings is 1. The van der Waals surface area contributed by atoms with Crippen LogP contribution in [0, 0.1) is 0 Å². The van der Waals surface area contributed by atoms with Crippen LogP contribution in [0.1, 0.15) is 37.8 Å². The number of nitrogens with one attached hydrogen (secondary N) is 1. The van der Waals surface area contributed by atoms with Gasteiger partial charge in [0.1, 0.15) is 11.0 Å². The van der Waals surface area contributed by atoms with Gasteiger partial charge in [0.2, 0.25) is 11.8 Å². The highest BCUT2D eigenvalue weighted by Gasteiger charge is 2.51. The molecular formula is C32H40N4O2. The summed E-state index contributed by atoms with van der Waals surface area (Å²) in [4.78, 5) is 33.4. The summed E-state index contributed by atoms with van der Waals surface area (Å²) >= 11 is 0. The average molecular weight is 513 g/mol. The van der Waals surface area contributed by atoms with E-state index in [1.54, 1.807) is 4.90 Å². The zero-order chi connectivity index (χ0) is 25.9. The minimum absolute atomic E-state index is 0. The number of para-hydroxylation sites is 1. The summed E-state index contributed by atoms with van der Waals surface area (Å²) in [5.41, 5.74) is 1.82. The van der Waals surface area contributed by atoms with Crippen molar-refractivity contribution in [1.29, 1.82) is 0 Å². The topological polar surface area (TPSA) is 55.9 Å². The van der Waals surface area contributed by atoms with Gasteiger partial charge in [0.25, 0.3) is 0 Å². The normalized spacial score (nSPS) is 17.1. The van der Waals surface area contributed by atoms with E-state index >= 15 is 0 Å². The molecule has 3 aromatic carbocycles. The van der Waals surface area contributed by atoms with Crippen LogP contribution in [-0.2, 0) is 15.0 Å². The third-order valence-electron chi connectivity index (χ3n) is 8.20. The molecule has 1 spiro atoms. The van der Waals surface area contributed by atoms with Gasteiger partial charge in [0.05, 0.1) is 6.67 Å². The second-order valence-electron chi connectivity index (χ2n) is 10.4. The van der Waals surface area contributed by atoms with E-state index in [0.29, 0.717) is 13.1 Å². The molecule has 2 heterocycles. The van der Waals surface area contributed by atoms with Crippen molar-refractivity contribution in [1.82, 2.24) is 15.1 Å².